The predicted octanol–water partition coefficient (Wildman–Crippen LogP) is 2.65. The number of carbonyl (C=O) groups excluding carboxylic acids is 1. The molecule has 0 saturated carbocycles. The molecule has 9 nitrogen and oxygen atoms in total. The first kappa shape index (κ1) is 24.1. The highest BCUT2D eigenvalue weighted by molar-refractivity contribution is 7.19. The molecule has 2 aromatic heterocycles. The Morgan fingerprint density at radius 3 is 2.86 bits per heavy atom. The number of benzene rings is 1. The van der Waals surface area contributed by atoms with Crippen molar-refractivity contribution in [2.45, 2.75) is 19.2 Å². The zero-order valence-corrected chi connectivity index (χ0v) is 20.7. The smallest absolute Gasteiger partial charge is 0.320 e. The number of aromatic hydroxyl groups is 1. The highest BCUT2D eigenvalue weighted by Crippen LogP contribution is 2.37. The second-order valence-corrected chi connectivity index (χ2v) is 9.98. The molecular weight excluding hydrogens is 466 g/mol. The number of rotatable bonds is 7. The van der Waals surface area contributed by atoms with E-state index >= 15 is 0 Å². The summed E-state index contributed by atoms with van der Waals surface area (Å²) in [5.74, 6) is 0.0864. The number of hydrogen-bond acceptors (Lipinski definition) is 10. The number of fused-ring (bicyclic) bond motifs is 1. The van der Waals surface area contributed by atoms with Crippen LogP contribution in [0.15, 0.2) is 42.9 Å². The quantitative estimate of drug-likeness (QED) is 0.495. The van der Waals surface area contributed by atoms with E-state index in [0.29, 0.717) is 19.8 Å². The molecule has 2 fully saturated rings. The molecule has 0 amide bonds. The lowest BCUT2D eigenvalue weighted by atomic mass is 10.1. The molecule has 1 aromatic carbocycles. The van der Waals surface area contributed by atoms with Gasteiger partial charge in [0.1, 0.15) is 12.1 Å². The SMILES string of the molecule is CCOC(=O)CN1CCN(C(c2cc3ncncc3s2)N2CCOC(c3cccc(O)c3)C2)CC1. The normalized spacial score (nSPS) is 21.2. The van der Waals surface area contributed by atoms with Crippen LogP contribution in [0.3, 0.4) is 0 Å². The summed E-state index contributed by atoms with van der Waals surface area (Å²) in [7, 11) is 0. The Bertz CT molecular complexity index is 1120. The number of phenols is 1. The lowest BCUT2D eigenvalue weighted by Crippen LogP contribution is -2.54. The number of aromatic nitrogens is 2. The number of carbonyl (C=O) groups is 1. The van der Waals surface area contributed by atoms with Crippen molar-refractivity contribution in [3.05, 3.63) is 53.3 Å². The fourth-order valence-electron chi connectivity index (χ4n) is 4.90. The maximum absolute atomic E-state index is 12.0. The molecule has 4 heterocycles. The minimum Gasteiger partial charge on any atom is -0.508 e. The van der Waals surface area contributed by atoms with Crippen molar-refractivity contribution in [2.24, 2.45) is 0 Å². The van der Waals surface area contributed by atoms with Gasteiger partial charge in [-0.2, -0.15) is 0 Å². The number of piperazine rings is 1. The summed E-state index contributed by atoms with van der Waals surface area (Å²) < 4.78 is 12.3. The fourth-order valence-corrected chi connectivity index (χ4v) is 6.05. The summed E-state index contributed by atoms with van der Waals surface area (Å²) in [5, 5.41) is 9.98. The van der Waals surface area contributed by atoms with E-state index in [1.807, 2.05) is 25.3 Å². The largest absolute Gasteiger partial charge is 0.508 e. The molecule has 3 aromatic rings. The molecule has 0 aliphatic carbocycles. The van der Waals surface area contributed by atoms with Gasteiger partial charge in [-0.05, 0) is 30.7 Å². The van der Waals surface area contributed by atoms with Crippen molar-refractivity contribution >= 4 is 27.5 Å². The minimum atomic E-state index is -0.164. The molecule has 0 bridgehead atoms. The zero-order chi connectivity index (χ0) is 24.2. The summed E-state index contributed by atoms with van der Waals surface area (Å²) >= 11 is 1.73. The maximum atomic E-state index is 12.0. The van der Waals surface area contributed by atoms with E-state index in [2.05, 4.69) is 30.7 Å². The summed E-state index contributed by atoms with van der Waals surface area (Å²) in [6.07, 6.45) is 3.43. The molecule has 0 radical (unpaired) electrons. The van der Waals surface area contributed by atoms with E-state index in [4.69, 9.17) is 9.47 Å². The first-order chi connectivity index (χ1) is 17.1. The number of ether oxygens (including phenoxy) is 2. The van der Waals surface area contributed by atoms with E-state index in [1.165, 1.54) is 4.88 Å². The highest BCUT2D eigenvalue weighted by atomic mass is 32.1. The van der Waals surface area contributed by atoms with Crippen LogP contribution in [0.25, 0.3) is 10.2 Å². The molecule has 186 valence electrons. The van der Waals surface area contributed by atoms with Gasteiger partial charge in [0.05, 0.1) is 42.2 Å². The van der Waals surface area contributed by atoms with Crippen LogP contribution in [0, 0.1) is 0 Å². The molecule has 2 unspecified atom stereocenters. The van der Waals surface area contributed by atoms with Crippen LogP contribution in [-0.2, 0) is 14.3 Å². The van der Waals surface area contributed by atoms with Crippen molar-refractivity contribution in [2.75, 3.05) is 59.0 Å². The molecule has 2 atom stereocenters. The third kappa shape index (κ3) is 5.62. The van der Waals surface area contributed by atoms with E-state index in [1.54, 1.807) is 29.8 Å². The van der Waals surface area contributed by atoms with Crippen molar-refractivity contribution in [1.29, 1.82) is 0 Å². The molecule has 0 spiro atoms. The summed E-state index contributed by atoms with van der Waals surface area (Å²) in [5.41, 5.74) is 1.94. The number of phenolic OH excluding ortho intramolecular Hbond substituents is 1. The van der Waals surface area contributed by atoms with Gasteiger partial charge >= 0.3 is 5.97 Å². The van der Waals surface area contributed by atoms with E-state index in [0.717, 1.165) is 55.0 Å². The minimum absolute atomic E-state index is 0.0719. The number of morpholine rings is 1. The first-order valence-electron chi connectivity index (χ1n) is 12.1. The van der Waals surface area contributed by atoms with Crippen LogP contribution in [0.2, 0.25) is 0 Å². The van der Waals surface area contributed by atoms with Crippen LogP contribution >= 0.6 is 11.3 Å². The van der Waals surface area contributed by atoms with Gasteiger partial charge in [-0.25, -0.2) is 9.97 Å². The third-order valence-corrected chi connectivity index (χ3v) is 7.66. The van der Waals surface area contributed by atoms with E-state index in [-0.39, 0.29) is 24.0 Å². The Labute approximate surface area is 208 Å². The highest BCUT2D eigenvalue weighted by Gasteiger charge is 2.35. The van der Waals surface area contributed by atoms with Gasteiger partial charge in [-0.15, -0.1) is 11.3 Å². The Morgan fingerprint density at radius 2 is 2.09 bits per heavy atom. The van der Waals surface area contributed by atoms with Crippen LogP contribution in [-0.4, -0.2) is 94.8 Å². The Hall–Kier alpha value is -2.63. The second kappa shape index (κ2) is 11.0. The lowest BCUT2D eigenvalue weighted by Gasteiger charge is -2.45. The van der Waals surface area contributed by atoms with Gasteiger partial charge < -0.3 is 14.6 Å². The summed E-state index contributed by atoms with van der Waals surface area (Å²) in [6.45, 7) is 8.03. The number of thiophene rings is 1. The fraction of sp³-hybridized carbons (Fsp3) is 0.480. The molecule has 1 N–H and O–H groups in total. The molecule has 2 aliphatic rings. The van der Waals surface area contributed by atoms with Crippen molar-refractivity contribution in [3.8, 4) is 5.75 Å². The molecule has 5 rings (SSSR count). The van der Waals surface area contributed by atoms with E-state index in [9.17, 15) is 9.90 Å². The first-order valence-corrected chi connectivity index (χ1v) is 12.9. The Balaban J connectivity index is 1.37. The standard InChI is InChI=1S/C25H31N5O4S/c1-2-33-24(32)16-28-6-8-29(9-7-28)25(22-13-20-23(35-22)14-26-17-27-20)30-10-11-34-21(15-30)18-4-3-5-19(31)12-18/h3-5,12-14,17,21,25,31H,2,6-11,15-16H2,1H3. The molecule has 2 aliphatic heterocycles. The van der Waals surface area contributed by atoms with Crippen molar-refractivity contribution < 1.29 is 19.4 Å². The van der Waals surface area contributed by atoms with Gasteiger partial charge in [0, 0.05) is 50.3 Å². The van der Waals surface area contributed by atoms with Gasteiger partial charge in [0.25, 0.3) is 0 Å². The molecule has 2 saturated heterocycles. The van der Waals surface area contributed by atoms with Gasteiger partial charge in [0.15, 0.2) is 0 Å². The van der Waals surface area contributed by atoms with Crippen LogP contribution in [0.5, 0.6) is 5.75 Å². The predicted molar refractivity (Wildman–Crippen MR) is 133 cm³/mol. The van der Waals surface area contributed by atoms with Gasteiger partial charge in [-0.3, -0.25) is 19.5 Å². The van der Waals surface area contributed by atoms with Crippen LogP contribution < -0.4 is 0 Å². The van der Waals surface area contributed by atoms with Gasteiger partial charge in [0.2, 0.25) is 0 Å². The molecular formula is C25H31N5O4S. The Kier molecular flexibility index (Phi) is 7.54. The third-order valence-electron chi connectivity index (χ3n) is 6.57. The monoisotopic (exact) mass is 497 g/mol. The maximum Gasteiger partial charge on any atom is 0.320 e. The average molecular weight is 498 g/mol. The summed E-state index contributed by atoms with van der Waals surface area (Å²) in [4.78, 5) is 29.0. The topological polar surface area (TPSA) is 91.3 Å². The van der Waals surface area contributed by atoms with Gasteiger partial charge in [-0.1, -0.05) is 12.1 Å². The lowest BCUT2D eigenvalue weighted by molar-refractivity contribution is -0.145. The van der Waals surface area contributed by atoms with Crippen molar-refractivity contribution in [3.63, 3.8) is 0 Å². The van der Waals surface area contributed by atoms with Crippen molar-refractivity contribution in [1.82, 2.24) is 24.7 Å². The zero-order valence-electron chi connectivity index (χ0n) is 19.9. The molecule has 35 heavy (non-hydrogen) atoms. The second-order valence-electron chi connectivity index (χ2n) is 8.86. The van der Waals surface area contributed by atoms with Crippen LogP contribution in [0.4, 0.5) is 0 Å². The number of esters is 1. The Morgan fingerprint density at radius 1 is 1.23 bits per heavy atom. The number of nitrogens with zero attached hydrogens (tertiary/aromatic N) is 5. The van der Waals surface area contributed by atoms with Crippen LogP contribution in [0.1, 0.15) is 29.6 Å². The molecule has 10 heteroatoms. The average Bonchev–Trinajstić information content (AvgIpc) is 3.29. The van der Waals surface area contributed by atoms with E-state index < -0.39 is 0 Å². The summed E-state index contributed by atoms with van der Waals surface area (Å²) in [6, 6.07) is 9.51. The number of hydrogen-bond donors (Lipinski definition) is 1.